The molecule has 1 amide bonds. The van der Waals surface area contributed by atoms with E-state index in [-0.39, 0.29) is 12.5 Å². The fourth-order valence-electron chi connectivity index (χ4n) is 2.23. The van der Waals surface area contributed by atoms with Crippen LogP contribution in [0.4, 0.5) is 0 Å². The van der Waals surface area contributed by atoms with Gasteiger partial charge in [0.05, 0.1) is 0 Å². The van der Waals surface area contributed by atoms with Gasteiger partial charge in [0.15, 0.2) is 6.61 Å². The number of hydrogen-bond donors (Lipinski definition) is 1. The van der Waals surface area contributed by atoms with Crippen LogP contribution in [0.2, 0.25) is 0 Å². The molecule has 0 saturated heterocycles. The molecule has 19 heavy (non-hydrogen) atoms. The van der Waals surface area contributed by atoms with Crippen molar-refractivity contribution >= 4 is 5.91 Å². The Kier molecular flexibility index (Phi) is 4.80. The van der Waals surface area contributed by atoms with Gasteiger partial charge in [-0.2, -0.15) is 0 Å². The molecule has 2 N–H and O–H groups in total. The summed E-state index contributed by atoms with van der Waals surface area (Å²) in [5, 5.41) is 0. The highest BCUT2D eigenvalue weighted by atomic mass is 16.5. The van der Waals surface area contributed by atoms with Crippen LogP contribution in [0.15, 0.2) is 24.3 Å². The first-order valence-corrected chi connectivity index (χ1v) is 6.85. The van der Waals surface area contributed by atoms with Crippen molar-refractivity contribution in [1.82, 2.24) is 4.90 Å². The molecule has 0 aliphatic heterocycles. The molecular formula is C15H22N2O2. The summed E-state index contributed by atoms with van der Waals surface area (Å²) in [5.74, 6) is 1.42. The number of likely N-dealkylation sites (N-methyl/N-ethyl adjacent to an activating group) is 1. The molecule has 0 bridgehead atoms. The third-order valence-electron chi connectivity index (χ3n) is 3.73. The van der Waals surface area contributed by atoms with E-state index in [1.54, 1.807) is 4.90 Å². The molecule has 0 unspecified atom stereocenters. The number of para-hydroxylation sites is 1. The van der Waals surface area contributed by atoms with Crippen LogP contribution >= 0.6 is 0 Å². The summed E-state index contributed by atoms with van der Waals surface area (Å²) in [6, 6.07) is 7.57. The van der Waals surface area contributed by atoms with E-state index >= 15 is 0 Å². The van der Waals surface area contributed by atoms with Crippen molar-refractivity contribution in [3.8, 4) is 5.75 Å². The van der Waals surface area contributed by atoms with Gasteiger partial charge in [0.2, 0.25) is 0 Å². The van der Waals surface area contributed by atoms with Crippen LogP contribution in [0.1, 0.15) is 24.8 Å². The highest BCUT2D eigenvalue weighted by Crippen LogP contribution is 2.26. The maximum Gasteiger partial charge on any atom is 0.260 e. The van der Waals surface area contributed by atoms with E-state index in [0.29, 0.717) is 18.2 Å². The predicted molar refractivity (Wildman–Crippen MR) is 74.8 cm³/mol. The molecule has 2 rings (SSSR count). The van der Waals surface area contributed by atoms with E-state index < -0.39 is 0 Å². The lowest BCUT2D eigenvalue weighted by Crippen LogP contribution is -2.37. The molecule has 1 saturated carbocycles. The molecule has 4 nitrogen and oxygen atoms in total. The largest absolute Gasteiger partial charge is 0.483 e. The van der Waals surface area contributed by atoms with Crippen LogP contribution in [0.25, 0.3) is 0 Å². The fourth-order valence-corrected chi connectivity index (χ4v) is 2.23. The Morgan fingerprint density at radius 1 is 1.42 bits per heavy atom. The summed E-state index contributed by atoms with van der Waals surface area (Å²) in [6.45, 7) is 1.35. The zero-order valence-corrected chi connectivity index (χ0v) is 11.5. The number of carbonyl (C=O) groups excluding carboxylic acids is 1. The molecule has 1 aliphatic rings. The number of hydrogen-bond acceptors (Lipinski definition) is 3. The van der Waals surface area contributed by atoms with Crippen molar-refractivity contribution in [2.75, 3.05) is 20.2 Å². The SMILES string of the molecule is CN(CC1CCC1)C(=O)COc1ccccc1CN. The molecule has 0 radical (unpaired) electrons. The fraction of sp³-hybridized carbons (Fsp3) is 0.533. The third-order valence-corrected chi connectivity index (χ3v) is 3.73. The van der Waals surface area contributed by atoms with Gasteiger partial charge < -0.3 is 15.4 Å². The second-order valence-corrected chi connectivity index (χ2v) is 5.17. The molecule has 1 aromatic carbocycles. The van der Waals surface area contributed by atoms with Gasteiger partial charge in [-0.1, -0.05) is 24.6 Å². The average Bonchev–Trinajstić information content (AvgIpc) is 2.40. The molecule has 0 atom stereocenters. The van der Waals surface area contributed by atoms with Crippen LogP contribution in [-0.2, 0) is 11.3 Å². The maximum absolute atomic E-state index is 12.0. The number of benzene rings is 1. The van der Waals surface area contributed by atoms with E-state index in [9.17, 15) is 4.79 Å². The number of rotatable bonds is 6. The highest BCUT2D eigenvalue weighted by Gasteiger charge is 2.21. The van der Waals surface area contributed by atoms with Crippen molar-refractivity contribution in [2.45, 2.75) is 25.8 Å². The highest BCUT2D eigenvalue weighted by molar-refractivity contribution is 5.77. The van der Waals surface area contributed by atoms with Gasteiger partial charge in [0, 0.05) is 25.7 Å². The van der Waals surface area contributed by atoms with E-state index in [1.165, 1.54) is 19.3 Å². The molecule has 0 heterocycles. The number of amides is 1. The number of nitrogens with two attached hydrogens (primary N) is 1. The van der Waals surface area contributed by atoms with Gasteiger partial charge in [-0.3, -0.25) is 4.79 Å². The first-order chi connectivity index (χ1) is 9.20. The van der Waals surface area contributed by atoms with Gasteiger partial charge in [0.25, 0.3) is 5.91 Å². The van der Waals surface area contributed by atoms with Crippen LogP contribution in [-0.4, -0.2) is 31.0 Å². The lowest BCUT2D eigenvalue weighted by atomic mass is 9.85. The Morgan fingerprint density at radius 3 is 2.79 bits per heavy atom. The minimum Gasteiger partial charge on any atom is -0.483 e. The van der Waals surface area contributed by atoms with Crippen molar-refractivity contribution in [1.29, 1.82) is 0 Å². The first-order valence-electron chi connectivity index (χ1n) is 6.85. The zero-order chi connectivity index (χ0) is 13.7. The summed E-state index contributed by atoms with van der Waals surface area (Å²) in [7, 11) is 1.85. The molecule has 0 spiro atoms. The Labute approximate surface area is 114 Å². The van der Waals surface area contributed by atoms with Crippen LogP contribution in [0.5, 0.6) is 5.75 Å². The second-order valence-electron chi connectivity index (χ2n) is 5.17. The molecule has 1 aliphatic carbocycles. The topological polar surface area (TPSA) is 55.6 Å². The van der Waals surface area contributed by atoms with Crippen LogP contribution in [0.3, 0.4) is 0 Å². The van der Waals surface area contributed by atoms with Gasteiger partial charge in [-0.25, -0.2) is 0 Å². The van der Waals surface area contributed by atoms with E-state index in [0.717, 1.165) is 12.1 Å². The lowest BCUT2D eigenvalue weighted by molar-refractivity contribution is -0.133. The standard InChI is InChI=1S/C15H22N2O2/c1-17(10-12-5-4-6-12)15(18)11-19-14-8-3-2-7-13(14)9-16/h2-3,7-8,12H,4-6,9-11,16H2,1H3. The smallest absolute Gasteiger partial charge is 0.260 e. The van der Waals surface area contributed by atoms with Gasteiger partial charge in [0.1, 0.15) is 5.75 Å². The summed E-state index contributed by atoms with van der Waals surface area (Å²) >= 11 is 0. The van der Waals surface area contributed by atoms with Crippen molar-refractivity contribution in [3.63, 3.8) is 0 Å². The molecule has 1 aromatic rings. The van der Waals surface area contributed by atoms with Crippen molar-refractivity contribution < 1.29 is 9.53 Å². The summed E-state index contributed by atoms with van der Waals surface area (Å²) < 4.78 is 5.57. The Hall–Kier alpha value is -1.55. The Balaban J connectivity index is 1.81. The van der Waals surface area contributed by atoms with Crippen molar-refractivity contribution in [2.24, 2.45) is 11.7 Å². The van der Waals surface area contributed by atoms with Gasteiger partial charge in [-0.15, -0.1) is 0 Å². The molecular weight excluding hydrogens is 240 g/mol. The average molecular weight is 262 g/mol. The third kappa shape index (κ3) is 3.70. The number of carbonyl (C=O) groups is 1. The zero-order valence-electron chi connectivity index (χ0n) is 11.5. The molecule has 0 aromatic heterocycles. The Morgan fingerprint density at radius 2 is 2.16 bits per heavy atom. The number of nitrogens with zero attached hydrogens (tertiary/aromatic N) is 1. The monoisotopic (exact) mass is 262 g/mol. The van der Waals surface area contributed by atoms with Crippen LogP contribution < -0.4 is 10.5 Å². The summed E-state index contributed by atoms with van der Waals surface area (Å²) in [5.41, 5.74) is 6.56. The van der Waals surface area contributed by atoms with Gasteiger partial charge in [-0.05, 0) is 24.8 Å². The van der Waals surface area contributed by atoms with Gasteiger partial charge >= 0.3 is 0 Å². The van der Waals surface area contributed by atoms with E-state index in [2.05, 4.69) is 0 Å². The molecule has 4 heteroatoms. The van der Waals surface area contributed by atoms with Crippen molar-refractivity contribution in [3.05, 3.63) is 29.8 Å². The summed E-state index contributed by atoms with van der Waals surface area (Å²) in [4.78, 5) is 13.7. The minimum atomic E-state index is 0.0266. The molecule has 104 valence electrons. The first kappa shape index (κ1) is 13.9. The lowest BCUT2D eigenvalue weighted by Gasteiger charge is -2.30. The van der Waals surface area contributed by atoms with E-state index in [4.69, 9.17) is 10.5 Å². The minimum absolute atomic E-state index is 0.0266. The van der Waals surface area contributed by atoms with E-state index in [1.807, 2.05) is 31.3 Å². The summed E-state index contributed by atoms with van der Waals surface area (Å²) in [6.07, 6.45) is 3.79. The van der Waals surface area contributed by atoms with Crippen LogP contribution in [0, 0.1) is 5.92 Å². The predicted octanol–water partition coefficient (Wildman–Crippen LogP) is 1.78. The Bertz CT molecular complexity index is 430. The molecule has 1 fully saturated rings. The second kappa shape index (κ2) is 6.57. The maximum atomic E-state index is 12.0. The number of ether oxygens (including phenoxy) is 1. The quantitative estimate of drug-likeness (QED) is 0.850. The normalized spacial score (nSPS) is 14.8.